The number of amides is 1. The summed E-state index contributed by atoms with van der Waals surface area (Å²) in [7, 11) is 1.46. The van der Waals surface area contributed by atoms with Crippen LogP contribution >= 0.6 is 0 Å². The molecule has 0 saturated carbocycles. The van der Waals surface area contributed by atoms with Crippen molar-refractivity contribution in [3.63, 3.8) is 0 Å². The molecule has 0 aliphatic carbocycles. The molecule has 0 saturated heterocycles. The zero-order chi connectivity index (χ0) is 41.8. The fourth-order valence-corrected chi connectivity index (χ4v) is 8.03. The number of ketones is 1. The zero-order valence-electron chi connectivity index (χ0n) is 33.8. The van der Waals surface area contributed by atoms with E-state index in [1.165, 1.54) is 40.2 Å². The van der Waals surface area contributed by atoms with Crippen LogP contribution in [0.4, 0.5) is 5.69 Å². The Kier molecular flexibility index (Phi) is 11.2. The van der Waals surface area contributed by atoms with Gasteiger partial charge in [0.15, 0.2) is 5.75 Å². The Bertz CT molecular complexity index is 2380. The molecule has 0 radical (unpaired) electrons. The van der Waals surface area contributed by atoms with Crippen molar-refractivity contribution in [2.45, 2.75) is 92.5 Å². The SMILES string of the molecule is CO[C@H]1C=CO[C@@]2(C)Oc3c(C)c(O)c4c(O)c(c5c(nc6cc(C)ccn65)c4c3C2=O)NC(=O)C(C)=C/C=C/[C@H](C)[C@H](O)[C@@H](C)[C@@H](O)[C@@H](C)[C@H](OC(C)=O)[C@@H]1C. The van der Waals surface area contributed by atoms with Crippen molar-refractivity contribution in [3.8, 4) is 17.2 Å². The number of fused-ring (bicyclic) bond motifs is 2. The quantitative estimate of drug-likeness (QED) is 0.115. The fraction of sp³-hybridized carbons (Fsp3) is 0.442. The Morgan fingerprint density at radius 2 is 1.68 bits per heavy atom. The number of aromatic nitrogens is 2. The first-order valence-corrected chi connectivity index (χ1v) is 19.0. The molecule has 1 amide bonds. The topological polar surface area (TPSA) is 198 Å². The molecule has 14 heteroatoms. The van der Waals surface area contributed by atoms with Crippen molar-refractivity contribution in [1.29, 1.82) is 0 Å². The number of aliphatic hydroxyl groups excluding tert-OH is 2. The van der Waals surface area contributed by atoms with Gasteiger partial charge in [-0.2, -0.15) is 0 Å². The summed E-state index contributed by atoms with van der Waals surface area (Å²) in [6, 6.07) is 3.64. The van der Waals surface area contributed by atoms with Crippen LogP contribution in [0, 0.1) is 37.5 Å². The Hall–Kier alpha value is -5.44. The van der Waals surface area contributed by atoms with E-state index in [2.05, 4.69) is 5.32 Å². The number of ether oxygens (including phenoxy) is 4. The van der Waals surface area contributed by atoms with Crippen LogP contribution in [0.1, 0.15) is 70.0 Å². The lowest BCUT2D eigenvalue weighted by molar-refractivity contribution is -0.160. The smallest absolute Gasteiger partial charge is 0.312 e. The van der Waals surface area contributed by atoms with Crippen molar-refractivity contribution in [3.05, 3.63) is 71.2 Å². The van der Waals surface area contributed by atoms with Crippen molar-refractivity contribution in [2.75, 3.05) is 12.4 Å². The van der Waals surface area contributed by atoms with Crippen LogP contribution < -0.4 is 10.1 Å². The van der Waals surface area contributed by atoms with E-state index in [0.29, 0.717) is 5.65 Å². The van der Waals surface area contributed by atoms with Gasteiger partial charge in [0, 0.05) is 67.3 Å². The fourth-order valence-electron chi connectivity index (χ4n) is 8.03. The number of benzene rings is 2. The largest absolute Gasteiger partial charge is 0.507 e. The van der Waals surface area contributed by atoms with Gasteiger partial charge in [0.05, 0.1) is 35.5 Å². The number of esters is 1. The van der Waals surface area contributed by atoms with Crippen LogP contribution in [0.25, 0.3) is 27.5 Å². The van der Waals surface area contributed by atoms with Gasteiger partial charge in [0.25, 0.3) is 11.7 Å². The maximum absolute atomic E-state index is 14.6. The number of phenolic OH excluding ortho intramolecular Hbond substituents is 2. The van der Waals surface area contributed by atoms with Crippen LogP contribution in [0.2, 0.25) is 0 Å². The molecule has 14 nitrogen and oxygen atoms in total. The standard InChI is InChI=1S/C43H51N3O11/c1-19-14-16-46-28(18-19)44-32-29-30-37(50)25(7)40-31(29)41(52)43(9,57-40)55-17-15-27(54-10)22(4)39(56-26(8)47)24(6)36(49)23(5)35(48)20(2)12-11-13-21(3)42(53)45-33(34(32)46)38(30)51/h11-18,20,22-24,27,35-36,39,48-51H,1-10H3,(H,45,53)/b12-11+,17-15?,21-13?/t20-,22+,23+,24+,27-,35-,36+,39+,43-/m0/s1. The number of Topliss-reactive ketones (excluding diaryl/α,β-unsaturated/α-hetero) is 1. The number of aryl methyl sites for hydroxylation is 1. The minimum Gasteiger partial charge on any atom is -0.507 e. The molecule has 4 bridgehead atoms. The number of nitrogens with one attached hydrogen (secondary N) is 1. The highest BCUT2D eigenvalue weighted by molar-refractivity contribution is 6.28. The van der Waals surface area contributed by atoms with Crippen LogP contribution in [-0.4, -0.2) is 84.8 Å². The minimum atomic E-state index is -1.96. The molecule has 9 atom stereocenters. The van der Waals surface area contributed by atoms with Gasteiger partial charge in [-0.1, -0.05) is 45.9 Å². The Morgan fingerprint density at radius 1 is 0.982 bits per heavy atom. The lowest BCUT2D eigenvalue weighted by Gasteiger charge is -2.38. The average Bonchev–Trinajstić information content (AvgIpc) is 3.67. The number of aromatic hydroxyl groups is 2. The number of hydrogen-bond acceptors (Lipinski definition) is 12. The number of carbonyl (C=O) groups excluding carboxylic acids is 3. The molecule has 2 aromatic carbocycles. The molecular weight excluding hydrogens is 734 g/mol. The Balaban J connectivity index is 1.58. The molecule has 0 spiro atoms. The van der Waals surface area contributed by atoms with Gasteiger partial charge in [0.2, 0.25) is 0 Å². The second-order valence-electron chi connectivity index (χ2n) is 15.6. The van der Waals surface area contributed by atoms with E-state index in [-0.39, 0.29) is 55.7 Å². The van der Waals surface area contributed by atoms with Gasteiger partial charge < -0.3 is 44.7 Å². The highest BCUT2D eigenvalue weighted by Gasteiger charge is 2.50. The van der Waals surface area contributed by atoms with Gasteiger partial charge in [-0.05, 0) is 44.5 Å². The predicted octanol–water partition coefficient (Wildman–Crippen LogP) is 6.16. The minimum absolute atomic E-state index is 0.0185. The molecule has 0 fully saturated rings. The molecule has 57 heavy (non-hydrogen) atoms. The highest BCUT2D eigenvalue weighted by Crippen LogP contribution is 2.54. The summed E-state index contributed by atoms with van der Waals surface area (Å²) in [5.74, 6) is -6.96. The number of allylic oxidation sites excluding steroid dienone is 2. The van der Waals surface area contributed by atoms with Crippen molar-refractivity contribution >= 4 is 50.8 Å². The van der Waals surface area contributed by atoms with Crippen molar-refractivity contribution in [1.82, 2.24) is 9.38 Å². The van der Waals surface area contributed by atoms with Gasteiger partial charge in [-0.3, -0.25) is 18.8 Å². The molecule has 2 aliphatic heterocycles. The summed E-state index contributed by atoms with van der Waals surface area (Å²) in [6.45, 7) is 14.7. The first kappa shape index (κ1) is 41.2. The zero-order valence-corrected chi connectivity index (χ0v) is 33.8. The second-order valence-corrected chi connectivity index (χ2v) is 15.6. The van der Waals surface area contributed by atoms with Crippen molar-refractivity contribution in [2.24, 2.45) is 23.7 Å². The summed E-state index contributed by atoms with van der Waals surface area (Å²) in [5.41, 5.74) is 2.18. The predicted molar refractivity (Wildman–Crippen MR) is 213 cm³/mol. The Morgan fingerprint density at radius 3 is 2.35 bits per heavy atom. The summed E-state index contributed by atoms with van der Waals surface area (Å²) in [5, 5.41) is 49.4. The molecule has 2 aromatic heterocycles. The van der Waals surface area contributed by atoms with E-state index >= 15 is 0 Å². The maximum Gasteiger partial charge on any atom is 0.312 e. The number of pyridine rings is 1. The first-order valence-electron chi connectivity index (χ1n) is 19.0. The van der Waals surface area contributed by atoms with Crippen LogP contribution in [0.5, 0.6) is 17.2 Å². The number of anilines is 1. The monoisotopic (exact) mass is 785 g/mol. The van der Waals surface area contributed by atoms with E-state index < -0.39 is 77.3 Å². The number of hydrogen-bond donors (Lipinski definition) is 5. The van der Waals surface area contributed by atoms with Crippen molar-refractivity contribution < 1.29 is 53.8 Å². The number of methoxy groups -OCH3 is 1. The summed E-state index contributed by atoms with van der Waals surface area (Å²) in [6.07, 6.45) is 5.62. The summed E-state index contributed by atoms with van der Waals surface area (Å²) < 4.78 is 25.5. The van der Waals surface area contributed by atoms with Crippen LogP contribution in [0.3, 0.4) is 0 Å². The van der Waals surface area contributed by atoms with E-state index in [1.54, 1.807) is 63.4 Å². The normalized spacial score (nSPS) is 29.4. The lowest BCUT2D eigenvalue weighted by Crippen LogP contribution is -2.46. The number of imidazole rings is 1. The van der Waals surface area contributed by atoms with E-state index in [0.717, 1.165) is 5.56 Å². The number of rotatable bonds is 2. The van der Waals surface area contributed by atoms with Gasteiger partial charge in [0.1, 0.15) is 40.0 Å². The first-order chi connectivity index (χ1) is 26.8. The molecule has 4 aromatic rings. The van der Waals surface area contributed by atoms with Gasteiger partial charge in [-0.25, -0.2) is 4.98 Å². The number of carbonyl (C=O) groups is 3. The maximum atomic E-state index is 14.6. The summed E-state index contributed by atoms with van der Waals surface area (Å²) >= 11 is 0. The Labute approximate surface area is 330 Å². The third kappa shape index (κ3) is 7.10. The third-order valence-corrected chi connectivity index (χ3v) is 11.5. The van der Waals surface area contributed by atoms with E-state index in [1.807, 2.05) is 19.1 Å². The molecular formula is C43H51N3O11. The van der Waals surface area contributed by atoms with E-state index in [9.17, 15) is 34.8 Å². The average molecular weight is 786 g/mol. The van der Waals surface area contributed by atoms with Gasteiger partial charge in [-0.15, -0.1) is 0 Å². The number of nitrogens with zero attached hydrogens (tertiary/aromatic N) is 2. The molecule has 5 N–H and O–H groups in total. The van der Waals surface area contributed by atoms with Crippen LogP contribution in [-0.2, 0) is 23.8 Å². The molecule has 0 unspecified atom stereocenters. The number of aliphatic hydroxyl groups is 2. The number of phenols is 2. The van der Waals surface area contributed by atoms with Crippen LogP contribution in [0.15, 0.2) is 54.5 Å². The molecule has 4 heterocycles. The second kappa shape index (κ2) is 15.5. The molecule has 2 aliphatic rings. The van der Waals surface area contributed by atoms with E-state index in [4.69, 9.17) is 23.9 Å². The molecule has 304 valence electrons. The molecule has 6 rings (SSSR count). The summed E-state index contributed by atoms with van der Waals surface area (Å²) in [4.78, 5) is 45.6. The highest BCUT2D eigenvalue weighted by atomic mass is 16.7. The van der Waals surface area contributed by atoms with Gasteiger partial charge >= 0.3 is 11.8 Å². The lowest BCUT2D eigenvalue weighted by atomic mass is 9.78. The third-order valence-electron chi connectivity index (χ3n) is 11.5.